The molecular weight excluding hydrogens is 273 g/mol. The van der Waals surface area contributed by atoms with Crippen molar-refractivity contribution >= 4 is 6.03 Å². The van der Waals surface area contributed by atoms with Crippen LogP contribution in [0.3, 0.4) is 0 Å². The van der Waals surface area contributed by atoms with E-state index in [1.165, 1.54) is 12.1 Å². The Kier molecular flexibility index (Phi) is 5.38. The van der Waals surface area contributed by atoms with Gasteiger partial charge in [-0.15, -0.1) is 0 Å². The van der Waals surface area contributed by atoms with Crippen molar-refractivity contribution in [2.75, 3.05) is 6.54 Å². The van der Waals surface area contributed by atoms with Gasteiger partial charge in [0.1, 0.15) is 0 Å². The fourth-order valence-electron chi connectivity index (χ4n) is 1.54. The molecule has 0 saturated carbocycles. The van der Waals surface area contributed by atoms with Crippen molar-refractivity contribution in [3.05, 3.63) is 35.4 Å². The summed E-state index contributed by atoms with van der Waals surface area (Å²) in [6.07, 6.45) is -5.66. The first-order chi connectivity index (χ1) is 9.20. The summed E-state index contributed by atoms with van der Waals surface area (Å²) in [4.78, 5) is 11.3. The number of aliphatic hydroxyl groups is 1. The molecule has 7 heteroatoms. The molecule has 0 aliphatic carbocycles. The normalized spacial score (nSPS) is 13.2. The van der Waals surface area contributed by atoms with Crippen molar-refractivity contribution in [3.8, 4) is 0 Å². The molecule has 2 amide bonds. The Morgan fingerprint density at radius 1 is 1.35 bits per heavy atom. The first kappa shape index (κ1) is 16.3. The van der Waals surface area contributed by atoms with E-state index in [9.17, 15) is 23.1 Å². The second kappa shape index (κ2) is 6.60. The molecule has 0 fully saturated rings. The van der Waals surface area contributed by atoms with Crippen LogP contribution in [0.2, 0.25) is 0 Å². The maximum atomic E-state index is 12.5. The highest BCUT2D eigenvalue weighted by Gasteiger charge is 2.30. The van der Waals surface area contributed by atoms with E-state index < -0.39 is 23.9 Å². The van der Waals surface area contributed by atoms with Crippen molar-refractivity contribution in [1.29, 1.82) is 0 Å². The third-order valence-corrected chi connectivity index (χ3v) is 2.47. The average molecular weight is 290 g/mol. The molecule has 0 heterocycles. The topological polar surface area (TPSA) is 61.4 Å². The fraction of sp³-hybridized carbons (Fsp3) is 0.462. The van der Waals surface area contributed by atoms with E-state index >= 15 is 0 Å². The Balaban J connectivity index is 2.64. The van der Waals surface area contributed by atoms with E-state index in [0.717, 1.165) is 12.1 Å². The Hall–Kier alpha value is -1.76. The summed E-state index contributed by atoms with van der Waals surface area (Å²) in [5.74, 6) is 0. The first-order valence-electron chi connectivity index (χ1n) is 6.09. The maximum Gasteiger partial charge on any atom is 0.416 e. The van der Waals surface area contributed by atoms with Crippen molar-refractivity contribution in [2.24, 2.45) is 0 Å². The quantitative estimate of drug-likeness (QED) is 0.797. The Bertz CT molecular complexity index is 461. The van der Waals surface area contributed by atoms with Crippen LogP contribution in [0.15, 0.2) is 24.3 Å². The summed E-state index contributed by atoms with van der Waals surface area (Å²) in [5, 5.41) is 14.7. The first-order valence-corrected chi connectivity index (χ1v) is 6.09. The largest absolute Gasteiger partial charge is 0.416 e. The van der Waals surface area contributed by atoms with Crippen LogP contribution in [0.5, 0.6) is 0 Å². The van der Waals surface area contributed by atoms with E-state index in [1.807, 2.05) is 0 Å². The highest BCUT2D eigenvalue weighted by atomic mass is 19.4. The van der Waals surface area contributed by atoms with Crippen molar-refractivity contribution in [1.82, 2.24) is 10.6 Å². The molecule has 0 aliphatic heterocycles. The lowest BCUT2D eigenvalue weighted by Crippen LogP contribution is -2.41. The number of amides is 2. The number of nitrogens with one attached hydrogen (secondary N) is 2. The van der Waals surface area contributed by atoms with Crippen LogP contribution < -0.4 is 10.6 Å². The predicted molar refractivity (Wildman–Crippen MR) is 68.1 cm³/mol. The van der Waals surface area contributed by atoms with Gasteiger partial charge in [-0.25, -0.2) is 4.79 Å². The fourth-order valence-corrected chi connectivity index (χ4v) is 1.54. The molecule has 0 radical (unpaired) electrons. The molecule has 0 aromatic heterocycles. The highest BCUT2D eigenvalue weighted by Crippen LogP contribution is 2.30. The zero-order valence-electron chi connectivity index (χ0n) is 11.2. The standard InChI is InChI=1S/C13H17F3N2O2/c1-8(2)18-12(20)17-7-11(19)9-4-3-5-10(6-9)13(14,15)16/h3-6,8,11,19H,7H2,1-2H3,(H2,17,18,20). The van der Waals surface area contributed by atoms with Crippen LogP contribution >= 0.6 is 0 Å². The van der Waals surface area contributed by atoms with E-state index in [0.29, 0.717) is 0 Å². The van der Waals surface area contributed by atoms with Gasteiger partial charge >= 0.3 is 12.2 Å². The van der Waals surface area contributed by atoms with E-state index in [4.69, 9.17) is 0 Å². The van der Waals surface area contributed by atoms with Crippen molar-refractivity contribution in [2.45, 2.75) is 32.2 Å². The number of carbonyl (C=O) groups is 1. The lowest BCUT2D eigenvalue weighted by atomic mass is 10.1. The van der Waals surface area contributed by atoms with Gasteiger partial charge in [0, 0.05) is 12.6 Å². The van der Waals surface area contributed by atoms with Crippen LogP contribution in [0.1, 0.15) is 31.1 Å². The van der Waals surface area contributed by atoms with Gasteiger partial charge in [0.2, 0.25) is 0 Å². The summed E-state index contributed by atoms with van der Waals surface area (Å²) < 4.78 is 37.6. The molecule has 3 N–H and O–H groups in total. The summed E-state index contributed by atoms with van der Waals surface area (Å²) in [6.45, 7) is 3.37. The van der Waals surface area contributed by atoms with Crippen LogP contribution in [-0.4, -0.2) is 23.7 Å². The number of alkyl halides is 3. The molecule has 112 valence electrons. The number of hydrogen-bond acceptors (Lipinski definition) is 2. The molecule has 20 heavy (non-hydrogen) atoms. The van der Waals surface area contributed by atoms with Crippen LogP contribution in [0.4, 0.5) is 18.0 Å². The number of benzene rings is 1. The number of aliphatic hydroxyl groups excluding tert-OH is 1. The number of rotatable bonds is 4. The van der Waals surface area contributed by atoms with Gasteiger partial charge in [0.05, 0.1) is 11.7 Å². The summed E-state index contributed by atoms with van der Waals surface area (Å²) >= 11 is 0. The Morgan fingerprint density at radius 3 is 2.55 bits per heavy atom. The summed E-state index contributed by atoms with van der Waals surface area (Å²) in [6, 6.07) is 3.84. The molecule has 1 aromatic carbocycles. The second-order valence-corrected chi connectivity index (χ2v) is 4.65. The minimum absolute atomic E-state index is 0.0688. The van der Waals surface area contributed by atoms with E-state index in [2.05, 4.69) is 10.6 Å². The third-order valence-electron chi connectivity index (χ3n) is 2.47. The molecule has 1 rings (SSSR count). The average Bonchev–Trinajstić information content (AvgIpc) is 2.34. The van der Waals surface area contributed by atoms with Gasteiger partial charge in [-0.3, -0.25) is 0 Å². The maximum absolute atomic E-state index is 12.5. The number of carbonyl (C=O) groups excluding carboxylic acids is 1. The number of halogens is 3. The molecule has 0 spiro atoms. The molecule has 0 bridgehead atoms. The van der Waals surface area contributed by atoms with Gasteiger partial charge in [0.25, 0.3) is 0 Å². The van der Waals surface area contributed by atoms with Crippen molar-refractivity contribution in [3.63, 3.8) is 0 Å². The third kappa shape index (κ3) is 5.08. The van der Waals surface area contributed by atoms with Gasteiger partial charge in [-0.1, -0.05) is 12.1 Å². The molecule has 1 unspecified atom stereocenters. The van der Waals surface area contributed by atoms with Crippen LogP contribution in [0, 0.1) is 0 Å². The molecule has 1 atom stereocenters. The molecular formula is C13H17F3N2O2. The minimum atomic E-state index is -4.46. The Morgan fingerprint density at radius 2 is 2.00 bits per heavy atom. The SMILES string of the molecule is CC(C)NC(=O)NCC(O)c1cccc(C(F)(F)F)c1. The van der Waals surface area contributed by atoms with Crippen LogP contribution in [-0.2, 0) is 6.18 Å². The Labute approximate surface area is 115 Å². The van der Waals surface area contributed by atoms with E-state index in [1.54, 1.807) is 13.8 Å². The number of urea groups is 1. The minimum Gasteiger partial charge on any atom is -0.387 e. The zero-order chi connectivity index (χ0) is 15.3. The lowest BCUT2D eigenvalue weighted by molar-refractivity contribution is -0.137. The predicted octanol–water partition coefficient (Wildman–Crippen LogP) is 2.45. The second-order valence-electron chi connectivity index (χ2n) is 4.65. The van der Waals surface area contributed by atoms with Crippen molar-refractivity contribution < 1.29 is 23.1 Å². The van der Waals surface area contributed by atoms with Gasteiger partial charge in [-0.2, -0.15) is 13.2 Å². The van der Waals surface area contributed by atoms with Gasteiger partial charge < -0.3 is 15.7 Å². The number of hydrogen-bond donors (Lipinski definition) is 3. The lowest BCUT2D eigenvalue weighted by Gasteiger charge is -2.15. The van der Waals surface area contributed by atoms with Gasteiger partial charge in [0.15, 0.2) is 0 Å². The molecule has 4 nitrogen and oxygen atoms in total. The summed E-state index contributed by atoms with van der Waals surface area (Å²) in [7, 11) is 0. The van der Waals surface area contributed by atoms with Gasteiger partial charge in [-0.05, 0) is 31.5 Å². The van der Waals surface area contributed by atoms with Crippen LogP contribution in [0.25, 0.3) is 0 Å². The zero-order valence-corrected chi connectivity index (χ0v) is 11.2. The monoisotopic (exact) mass is 290 g/mol. The molecule has 1 aromatic rings. The molecule has 0 saturated heterocycles. The molecule has 0 aliphatic rings. The van der Waals surface area contributed by atoms with E-state index in [-0.39, 0.29) is 18.2 Å². The summed E-state index contributed by atoms with van der Waals surface area (Å²) in [5.41, 5.74) is -0.731. The highest BCUT2D eigenvalue weighted by molar-refractivity contribution is 5.74. The smallest absolute Gasteiger partial charge is 0.387 e.